The van der Waals surface area contributed by atoms with Crippen LogP contribution in [0.5, 0.6) is 0 Å². The molecule has 1 aromatic carbocycles. The van der Waals surface area contributed by atoms with Crippen molar-refractivity contribution in [2.24, 2.45) is 0 Å². The first-order valence-corrected chi connectivity index (χ1v) is 7.30. The van der Waals surface area contributed by atoms with E-state index in [9.17, 15) is 0 Å². The zero-order valence-corrected chi connectivity index (χ0v) is 12.5. The molecule has 0 saturated carbocycles. The smallest absolute Gasteiger partial charge is 0.137 e. The molecular formula is C17H13N3OS. The van der Waals surface area contributed by atoms with Crippen LogP contribution in [0.4, 0.5) is 5.69 Å². The molecule has 0 fully saturated rings. The molecule has 0 unspecified atom stereocenters. The van der Waals surface area contributed by atoms with Gasteiger partial charge in [0.2, 0.25) is 0 Å². The van der Waals surface area contributed by atoms with Crippen LogP contribution in [0.15, 0.2) is 65.7 Å². The lowest BCUT2D eigenvalue weighted by molar-refractivity contribution is 0.568. The molecule has 4 aromatic rings. The summed E-state index contributed by atoms with van der Waals surface area (Å²) >= 11 is 4.04. The SMILES string of the molecule is SNc1ccc(-c2cnc3[nH]cc(-c4ccoc4)c3c2)cc1. The first-order valence-electron chi connectivity index (χ1n) is 6.85. The number of rotatable bonds is 3. The molecule has 0 amide bonds. The van der Waals surface area contributed by atoms with Crippen molar-refractivity contribution in [3.63, 3.8) is 0 Å². The van der Waals surface area contributed by atoms with E-state index in [2.05, 4.69) is 33.6 Å². The lowest BCUT2D eigenvalue weighted by Crippen LogP contribution is -1.84. The maximum atomic E-state index is 5.18. The summed E-state index contributed by atoms with van der Waals surface area (Å²) in [6.45, 7) is 0. The summed E-state index contributed by atoms with van der Waals surface area (Å²) < 4.78 is 8.00. The highest BCUT2D eigenvalue weighted by Gasteiger charge is 2.09. The Morgan fingerprint density at radius 2 is 1.91 bits per heavy atom. The van der Waals surface area contributed by atoms with Gasteiger partial charge in [-0.1, -0.05) is 24.9 Å². The molecule has 0 aliphatic heterocycles. The summed E-state index contributed by atoms with van der Waals surface area (Å²) in [5.74, 6) is 0. The highest BCUT2D eigenvalue weighted by atomic mass is 32.1. The van der Waals surface area contributed by atoms with Crippen molar-refractivity contribution in [3.05, 3.63) is 61.3 Å². The molecule has 3 heterocycles. The number of thiol groups is 1. The largest absolute Gasteiger partial charge is 0.472 e. The normalized spacial score (nSPS) is 11.0. The number of H-pyrrole nitrogens is 1. The quantitative estimate of drug-likeness (QED) is 0.479. The topological polar surface area (TPSA) is 53.9 Å². The molecule has 108 valence electrons. The lowest BCUT2D eigenvalue weighted by atomic mass is 10.0. The van der Waals surface area contributed by atoms with Crippen molar-refractivity contribution in [3.8, 4) is 22.3 Å². The van der Waals surface area contributed by atoms with E-state index >= 15 is 0 Å². The van der Waals surface area contributed by atoms with Gasteiger partial charge in [-0.3, -0.25) is 0 Å². The first-order chi connectivity index (χ1) is 10.8. The molecule has 22 heavy (non-hydrogen) atoms. The van der Waals surface area contributed by atoms with E-state index in [0.717, 1.165) is 39.0 Å². The Morgan fingerprint density at radius 3 is 2.64 bits per heavy atom. The second kappa shape index (κ2) is 5.27. The number of benzene rings is 1. The minimum Gasteiger partial charge on any atom is -0.472 e. The zero-order valence-electron chi connectivity index (χ0n) is 11.6. The second-order valence-corrected chi connectivity index (χ2v) is 5.25. The Bertz CT molecular complexity index is 911. The number of furan rings is 1. The van der Waals surface area contributed by atoms with Gasteiger partial charge in [0.15, 0.2) is 0 Å². The molecule has 4 nitrogen and oxygen atoms in total. The Morgan fingerprint density at radius 1 is 1.05 bits per heavy atom. The highest BCUT2D eigenvalue weighted by Crippen LogP contribution is 2.31. The van der Waals surface area contributed by atoms with Gasteiger partial charge in [0.05, 0.1) is 12.5 Å². The minimum atomic E-state index is 0.869. The number of hydrogen-bond acceptors (Lipinski definition) is 4. The molecular weight excluding hydrogens is 294 g/mol. The molecule has 0 spiro atoms. The second-order valence-electron chi connectivity index (χ2n) is 5.02. The molecule has 0 aliphatic carbocycles. The van der Waals surface area contributed by atoms with Gasteiger partial charge in [-0.05, 0) is 29.8 Å². The summed E-state index contributed by atoms with van der Waals surface area (Å²) in [6.07, 6.45) is 7.25. The number of anilines is 1. The fourth-order valence-electron chi connectivity index (χ4n) is 2.56. The Balaban J connectivity index is 1.83. The molecule has 0 bridgehead atoms. The number of hydrogen-bond donors (Lipinski definition) is 3. The average molecular weight is 307 g/mol. The van der Waals surface area contributed by atoms with Crippen LogP contribution in [0.3, 0.4) is 0 Å². The van der Waals surface area contributed by atoms with Crippen LogP contribution >= 0.6 is 12.8 Å². The van der Waals surface area contributed by atoms with Crippen LogP contribution in [-0.2, 0) is 0 Å². The Kier molecular flexibility index (Phi) is 3.12. The number of aromatic amines is 1. The fourth-order valence-corrected chi connectivity index (χ4v) is 2.70. The summed E-state index contributed by atoms with van der Waals surface area (Å²) in [5.41, 5.74) is 6.14. The molecule has 0 saturated heterocycles. The molecule has 4 rings (SSSR count). The molecule has 0 aliphatic rings. The van der Waals surface area contributed by atoms with Gasteiger partial charge >= 0.3 is 0 Å². The Labute approximate surface area is 132 Å². The fraction of sp³-hybridized carbons (Fsp3) is 0. The predicted octanol–water partition coefficient (Wildman–Crippen LogP) is 4.75. The van der Waals surface area contributed by atoms with Crippen LogP contribution in [0, 0.1) is 0 Å². The lowest BCUT2D eigenvalue weighted by Gasteiger charge is -2.04. The van der Waals surface area contributed by atoms with E-state index in [1.54, 1.807) is 12.5 Å². The van der Waals surface area contributed by atoms with Crippen molar-refractivity contribution in [1.82, 2.24) is 9.97 Å². The molecule has 2 N–H and O–H groups in total. The predicted molar refractivity (Wildman–Crippen MR) is 91.8 cm³/mol. The first kappa shape index (κ1) is 13.0. The van der Waals surface area contributed by atoms with E-state index in [4.69, 9.17) is 4.42 Å². The monoisotopic (exact) mass is 307 g/mol. The number of aromatic nitrogens is 2. The Hall–Kier alpha value is -2.66. The standard InChI is InChI=1S/C17H13N3OS/c22-20-14-3-1-11(2-4-14)13-7-15-16(12-5-6-21-10-12)9-19-17(15)18-8-13/h1-10,20,22H,(H,18,19). The van der Waals surface area contributed by atoms with E-state index in [-0.39, 0.29) is 0 Å². The van der Waals surface area contributed by atoms with Crippen molar-refractivity contribution in [1.29, 1.82) is 0 Å². The molecule has 3 aromatic heterocycles. The minimum absolute atomic E-state index is 0.869. The highest BCUT2D eigenvalue weighted by molar-refractivity contribution is 7.81. The van der Waals surface area contributed by atoms with Gasteiger partial charge in [0.1, 0.15) is 5.65 Å². The summed E-state index contributed by atoms with van der Waals surface area (Å²) in [5, 5.41) is 1.08. The van der Waals surface area contributed by atoms with Crippen molar-refractivity contribution >= 4 is 29.5 Å². The summed E-state index contributed by atoms with van der Waals surface area (Å²) in [4.78, 5) is 7.71. The van der Waals surface area contributed by atoms with Gasteiger partial charge in [-0.25, -0.2) is 4.98 Å². The van der Waals surface area contributed by atoms with Crippen molar-refractivity contribution < 1.29 is 4.42 Å². The van der Waals surface area contributed by atoms with E-state index < -0.39 is 0 Å². The number of nitrogens with one attached hydrogen (secondary N) is 2. The van der Waals surface area contributed by atoms with Gasteiger partial charge < -0.3 is 14.1 Å². The van der Waals surface area contributed by atoms with Crippen LogP contribution in [-0.4, -0.2) is 9.97 Å². The van der Waals surface area contributed by atoms with E-state index in [1.165, 1.54) is 0 Å². The van der Waals surface area contributed by atoms with Crippen molar-refractivity contribution in [2.45, 2.75) is 0 Å². The number of nitrogens with zero attached hydrogens (tertiary/aromatic N) is 1. The van der Waals surface area contributed by atoms with Crippen LogP contribution < -0.4 is 4.72 Å². The van der Waals surface area contributed by atoms with Gasteiger partial charge in [0.25, 0.3) is 0 Å². The van der Waals surface area contributed by atoms with E-state index in [1.807, 2.05) is 42.7 Å². The van der Waals surface area contributed by atoms with E-state index in [0.29, 0.717) is 0 Å². The summed E-state index contributed by atoms with van der Waals surface area (Å²) in [7, 11) is 0. The number of fused-ring (bicyclic) bond motifs is 1. The molecule has 0 atom stereocenters. The van der Waals surface area contributed by atoms with Gasteiger partial charge in [-0.15, -0.1) is 0 Å². The zero-order chi connectivity index (χ0) is 14.9. The van der Waals surface area contributed by atoms with Gasteiger partial charge in [0, 0.05) is 40.2 Å². The van der Waals surface area contributed by atoms with Gasteiger partial charge in [-0.2, -0.15) is 0 Å². The van der Waals surface area contributed by atoms with Crippen LogP contribution in [0.25, 0.3) is 33.3 Å². The van der Waals surface area contributed by atoms with Crippen LogP contribution in [0.2, 0.25) is 0 Å². The third kappa shape index (κ3) is 2.16. The third-order valence-electron chi connectivity index (χ3n) is 3.71. The van der Waals surface area contributed by atoms with Crippen molar-refractivity contribution in [2.75, 3.05) is 4.72 Å². The average Bonchev–Trinajstić information content (AvgIpc) is 3.23. The maximum absolute atomic E-state index is 5.18. The van der Waals surface area contributed by atoms with Crippen LogP contribution in [0.1, 0.15) is 0 Å². The maximum Gasteiger partial charge on any atom is 0.137 e. The number of pyridine rings is 1. The summed E-state index contributed by atoms with van der Waals surface area (Å²) in [6, 6.07) is 12.2. The third-order valence-corrected chi connectivity index (χ3v) is 3.97. The molecule has 0 radical (unpaired) electrons. The molecule has 5 heteroatoms.